The first-order chi connectivity index (χ1) is 9.65. The van der Waals surface area contributed by atoms with Crippen LogP contribution in [-0.2, 0) is 0 Å². The molecular formula is C17H19BrN2. The highest BCUT2D eigenvalue weighted by molar-refractivity contribution is 9.10. The standard InChI is InChI=1S/C17H19BrN2/c1-11-7-8-16(15-6-4-3-5-14(11)15)20-13-9-12(2)17(18)19-10-13/h3-6,9-11,16,20H,7-8H2,1-2H3. The van der Waals surface area contributed by atoms with Gasteiger partial charge in [-0.1, -0.05) is 31.2 Å². The molecule has 0 radical (unpaired) electrons. The van der Waals surface area contributed by atoms with Gasteiger partial charge in [0.05, 0.1) is 17.9 Å². The predicted octanol–water partition coefficient (Wildman–Crippen LogP) is 5.20. The first-order valence-corrected chi connectivity index (χ1v) is 7.92. The Labute approximate surface area is 128 Å². The molecule has 2 aromatic rings. The van der Waals surface area contributed by atoms with E-state index in [1.807, 2.05) is 6.20 Å². The Bertz CT molecular complexity index is 624. The van der Waals surface area contributed by atoms with E-state index in [1.165, 1.54) is 24.0 Å². The van der Waals surface area contributed by atoms with E-state index < -0.39 is 0 Å². The lowest BCUT2D eigenvalue weighted by Gasteiger charge is -2.31. The lowest BCUT2D eigenvalue weighted by Crippen LogP contribution is -2.19. The second kappa shape index (κ2) is 5.57. The van der Waals surface area contributed by atoms with Crippen molar-refractivity contribution in [1.29, 1.82) is 0 Å². The maximum Gasteiger partial charge on any atom is 0.109 e. The summed E-state index contributed by atoms with van der Waals surface area (Å²) in [5.74, 6) is 0.661. The van der Waals surface area contributed by atoms with Crippen LogP contribution in [0.25, 0.3) is 0 Å². The van der Waals surface area contributed by atoms with Crippen molar-refractivity contribution < 1.29 is 0 Å². The van der Waals surface area contributed by atoms with Gasteiger partial charge < -0.3 is 5.32 Å². The normalized spacial score (nSPS) is 21.4. The van der Waals surface area contributed by atoms with Gasteiger partial charge in [0.25, 0.3) is 0 Å². The number of nitrogens with one attached hydrogen (secondary N) is 1. The van der Waals surface area contributed by atoms with Crippen molar-refractivity contribution in [3.8, 4) is 0 Å². The van der Waals surface area contributed by atoms with Crippen LogP contribution in [0.3, 0.4) is 0 Å². The molecule has 2 nitrogen and oxygen atoms in total. The van der Waals surface area contributed by atoms with E-state index in [0.29, 0.717) is 12.0 Å². The molecule has 1 N–H and O–H groups in total. The SMILES string of the molecule is Cc1cc(NC2CCC(C)c3ccccc32)cnc1Br. The minimum atomic E-state index is 0.393. The van der Waals surface area contributed by atoms with Gasteiger partial charge in [-0.25, -0.2) is 4.98 Å². The van der Waals surface area contributed by atoms with E-state index in [9.17, 15) is 0 Å². The fourth-order valence-corrected chi connectivity index (χ4v) is 3.21. The van der Waals surface area contributed by atoms with E-state index >= 15 is 0 Å². The molecule has 3 heteroatoms. The highest BCUT2D eigenvalue weighted by Crippen LogP contribution is 2.38. The van der Waals surface area contributed by atoms with Crippen molar-refractivity contribution in [2.45, 2.75) is 38.6 Å². The van der Waals surface area contributed by atoms with Crippen LogP contribution in [-0.4, -0.2) is 4.98 Å². The summed E-state index contributed by atoms with van der Waals surface area (Å²) >= 11 is 3.45. The number of pyridine rings is 1. The molecule has 1 aromatic carbocycles. The van der Waals surface area contributed by atoms with Gasteiger partial charge in [0.1, 0.15) is 4.60 Å². The molecule has 1 aliphatic carbocycles. The van der Waals surface area contributed by atoms with Gasteiger partial charge in [0, 0.05) is 0 Å². The molecule has 0 saturated carbocycles. The maximum absolute atomic E-state index is 4.37. The van der Waals surface area contributed by atoms with Gasteiger partial charge >= 0.3 is 0 Å². The Morgan fingerprint density at radius 3 is 2.70 bits per heavy atom. The zero-order chi connectivity index (χ0) is 14.1. The van der Waals surface area contributed by atoms with Gasteiger partial charge in [-0.2, -0.15) is 0 Å². The highest BCUT2D eigenvalue weighted by atomic mass is 79.9. The number of halogens is 1. The fourth-order valence-electron chi connectivity index (χ4n) is 2.99. The molecule has 1 heterocycles. The maximum atomic E-state index is 4.37. The van der Waals surface area contributed by atoms with Crippen molar-refractivity contribution in [3.05, 3.63) is 57.8 Å². The van der Waals surface area contributed by atoms with Crippen molar-refractivity contribution >= 4 is 21.6 Å². The third-order valence-corrected chi connectivity index (χ3v) is 4.98. The summed E-state index contributed by atoms with van der Waals surface area (Å²) < 4.78 is 0.917. The molecule has 2 atom stereocenters. The molecule has 0 saturated heterocycles. The van der Waals surface area contributed by atoms with Crippen LogP contribution in [0.1, 0.15) is 48.4 Å². The molecule has 0 spiro atoms. The molecule has 2 unspecified atom stereocenters. The van der Waals surface area contributed by atoms with Crippen molar-refractivity contribution in [1.82, 2.24) is 4.98 Å². The van der Waals surface area contributed by atoms with E-state index in [-0.39, 0.29) is 0 Å². The molecule has 0 aliphatic heterocycles. The predicted molar refractivity (Wildman–Crippen MR) is 87.1 cm³/mol. The lowest BCUT2D eigenvalue weighted by molar-refractivity contribution is 0.534. The molecule has 0 fully saturated rings. The molecule has 104 valence electrons. The second-order valence-electron chi connectivity index (χ2n) is 5.64. The fraction of sp³-hybridized carbons (Fsp3) is 0.353. The summed E-state index contributed by atoms with van der Waals surface area (Å²) in [7, 11) is 0. The summed E-state index contributed by atoms with van der Waals surface area (Å²) in [5, 5.41) is 3.64. The van der Waals surface area contributed by atoms with Crippen LogP contribution in [0.5, 0.6) is 0 Å². The number of anilines is 1. The monoisotopic (exact) mass is 330 g/mol. The molecule has 1 aliphatic rings. The van der Waals surface area contributed by atoms with E-state index in [2.05, 4.69) is 70.4 Å². The van der Waals surface area contributed by atoms with E-state index in [1.54, 1.807) is 0 Å². The van der Waals surface area contributed by atoms with Gasteiger partial charge in [0.2, 0.25) is 0 Å². The van der Waals surface area contributed by atoms with Crippen molar-refractivity contribution in [3.63, 3.8) is 0 Å². The van der Waals surface area contributed by atoms with Crippen LogP contribution in [0.2, 0.25) is 0 Å². The van der Waals surface area contributed by atoms with E-state index in [0.717, 1.165) is 15.9 Å². The molecular weight excluding hydrogens is 312 g/mol. The lowest BCUT2D eigenvalue weighted by atomic mass is 9.81. The summed E-state index contributed by atoms with van der Waals surface area (Å²) in [6.45, 7) is 4.39. The summed E-state index contributed by atoms with van der Waals surface area (Å²) in [6, 6.07) is 11.3. The quantitative estimate of drug-likeness (QED) is 0.765. The van der Waals surface area contributed by atoms with Gasteiger partial charge in [-0.05, 0) is 64.4 Å². The Kier molecular flexibility index (Phi) is 3.79. The zero-order valence-electron chi connectivity index (χ0n) is 11.9. The minimum absolute atomic E-state index is 0.393. The Balaban J connectivity index is 1.88. The van der Waals surface area contributed by atoms with Crippen molar-refractivity contribution in [2.75, 3.05) is 5.32 Å². The molecule has 0 bridgehead atoms. The minimum Gasteiger partial charge on any atom is -0.377 e. The first kappa shape index (κ1) is 13.6. The van der Waals surface area contributed by atoms with Crippen LogP contribution >= 0.6 is 15.9 Å². The number of hydrogen-bond acceptors (Lipinski definition) is 2. The summed E-state index contributed by atoms with van der Waals surface area (Å²) in [5.41, 5.74) is 5.18. The Morgan fingerprint density at radius 2 is 1.95 bits per heavy atom. The number of rotatable bonds is 2. The average molecular weight is 331 g/mol. The molecule has 20 heavy (non-hydrogen) atoms. The number of benzene rings is 1. The Morgan fingerprint density at radius 1 is 1.20 bits per heavy atom. The van der Waals surface area contributed by atoms with Crippen LogP contribution in [0.4, 0.5) is 5.69 Å². The third kappa shape index (κ3) is 2.59. The Hall–Kier alpha value is -1.35. The van der Waals surface area contributed by atoms with Gasteiger partial charge in [-0.3, -0.25) is 0 Å². The highest BCUT2D eigenvalue weighted by Gasteiger charge is 2.24. The van der Waals surface area contributed by atoms with Gasteiger partial charge in [-0.15, -0.1) is 0 Å². The topological polar surface area (TPSA) is 24.9 Å². The number of nitrogens with zero attached hydrogens (tertiary/aromatic N) is 1. The third-order valence-electron chi connectivity index (χ3n) is 4.15. The van der Waals surface area contributed by atoms with Crippen LogP contribution in [0, 0.1) is 6.92 Å². The second-order valence-corrected chi connectivity index (χ2v) is 6.39. The van der Waals surface area contributed by atoms with Gasteiger partial charge in [0.15, 0.2) is 0 Å². The molecule has 3 rings (SSSR count). The molecule has 1 aromatic heterocycles. The number of fused-ring (bicyclic) bond motifs is 1. The number of hydrogen-bond donors (Lipinski definition) is 1. The number of aryl methyl sites for hydroxylation is 1. The van der Waals surface area contributed by atoms with Crippen LogP contribution < -0.4 is 5.32 Å². The first-order valence-electron chi connectivity index (χ1n) is 7.12. The largest absolute Gasteiger partial charge is 0.377 e. The zero-order valence-corrected chi connectivity index (χ0v) is 13.4. The smallest absolute Gasteiger partial charge is 0.109 e. The van der Waals surface area contributed by atoms with E-state index in [4.69, 9.17) is 0 Å². The van der Waals surface area contributed by atoms with Crippen molar-refractivity contribution in [2.24, 2.45) is 0 Å². The van der Waals surface area contributed by atoms with Crippen LogP contribution in [0.15, 0.2) is 41.1 Å². The summed E-state index contributed by atoms with van der Waals surface area (Å²) in [4.78, 5) is 4.37. The number of aromatic nitrogens is 1. The average Bonchev–Trinajstić information content (AvgIpc) is 2.46. The molecule has 0 amide bonds. The summed E-state index contributed by atoms with van der Waals surface area (Å²) in [6.07, 6.45) is 4.31.